The minimum Gasteiger partial charge on any atom is -0.363 e. The van der Waals surface area contributed by atoms with Gasteiger partial charge in [0.25, 0.3) is 5.91 Å². The third-order valence-corrected chi connectivity index (χ3v) is 4.49. The summed E-state index contributed by atoms with van der Waals surface area (Å²) < 4.78 is 41.4. The molecule has 0 saturated carbocycles. The number of aromatic nitrogens is 2. The van der Waals surface area contributed by atoms with E-state index in [1.165, 1.54) is 6.07 Å². The first-order chi connectivity index (χ1) is 11.7. The van der Waals surface area contributed by atoms with Gasteiger partial charge in [-0.25, -0.2) is 10.5 Å². The molecule has 2 unspecified atom stereocenters. The van der Waals surface area contributed by atoms with E-state index in [0.29, 0.717) is 0 Å². The lowest BCUT2D eigenvalue weighted by molar-refractivity contribution is -0.173. The minimum atomic E-state index is -4.49. The fourth-order valence-electron chi connectivity index (χ4n) is 2.96. The number of hydrogen-bond acceptors (Lipinski definition) is 4. The van der Waals surface area contributed by atoms with Crippen LogP contribution in [-0.2, 0) is 0 Å². The van der Waals surface area contributed by atoms with E-state index in [1.807, 2.05) is 37.5 Å². The monoisotopic (exact) mass is 353 g/mol. The Morgan fingerprint density at radius 3 is 2.64 bits per heavy atom. The van der Waals surface area contributed by atoms with E-state index in [9.17, 15) is 18.0 Å². The van der Waals surface area contributed by atoms with Crippen molar-refractivity contribution in [3.63, 3.8) is 0 Å². The van der Waals surface area contributed by atoms with Gasteiger partial charge in [-0.3, -0.25) is 10.2 Å². The molecule has 3 rings (SSSR count). The van der Waals surface area contributed by atoms with Crippen molar-refractivity contribution in [3.8, 4) is 0 Å². The Kier molecular flexibility index (Phi) is 4.19. The number of alkyl halides is 3. The summed E-state index contributed by atoms with van der Waals surface area (Å²) in [7, 11) is 0. The Labute approximate surface area is 142 Å². The van der Waals surface area contributed by atoms with Gasteiger partial charge in [0.2, 0.25) is 0 Å². The topological polar surface area (TPSA) is 85.0 Å². The van der Waals surface area contributed by atoms with Gasteiger partial charge in [0.15, 0.2) is 11.7 Å². The van der Waals surface area contributed by atoms with Crippen molar-refractivity contribution in [2.24, 2.45) is 5.84 Å². The lowest BCUT2D eigenvalue weighted by Gasteiger charge is -2.33. The van der Waals surface area contributed by atoms with E-state index in [0.717, 1.165) is 21.4 Å². The zero-order chi connectivity index (χ0) is 18.4. The van der Waals surface area contributed by atoms with Crippen molar-refractivity contribution in [1.29, 1.82) is 0 Å². The number of nitrogens with one attached hydrogen (secondary N) is 2. The Morgan fingerprint density at radius 1 is 1.32 bits per heavy atom. The van der Waals surface area contributed by atoms with Crippen molar-refractivity contribution in [2.45, 2.75) is 38.5 Å². The largest absolute Gasteiger partial charge is 0.410 e. The number of nitrogens with two attached hydrogens (primary N) is 1. The number of amides is 1. The van der Waals surface area contributed by atoms with Crippen LogP contribution in [0.1, 0.15) is 45.7 Å². The first kappa shape index (κ1) is 17.3. The Bertz CT molecular complexity index is 815. The highest BCUT2D eigenvalue weighted by Crippen LogP contribution is 2.43. The van der Waals surface area contributed by atoms with Gasteiger partial charge in [-0.15, -0.1) is 0 Å². The van der Waals surface area contributed by atoms with E-state index < -0.39 is 24.2 Å². The molecule has 0 saturated heterocycles. The zero-order valence-corrected chi connectivity index (χ0v) is 13.7. The summed E-state index contributed by atoms with van der Waals surface area (Å²) in [4.78, 5) is 11.6. The van der Waals surface area contributed by atoms with Crippen molar-refractivity contribution < 1.29 is 18.0 Å². The van der Waals surface area contributed by atoms with E-state index in [-0.39, 0.29) is 17.9 Å². The van der Waals surface area contributed by atoms with Crippen LogP contribution in [0.4, 0.5) is 19.0 Å². The number of halogens is 3. The molecule has 1 aliphatic rings. The van der Waals surface area contributed by atoms with Crippen LogP contribution in [0.2, 0.25) is 0 Å². The van der Waals surface area contributed by atoms with Crippen molar-refractivity contribution in [1.82, 2.24) is 15.2 Å². The maximum Gasteiger partial charge on any atom is 0.410 e. The summed E-state index contributed by atoms with van der Waals surface area (Å²) in [6, 6.07) is 4.48. The molecule has 1 aromatic heterocycles. The average Bonchev–Trinajstić information content (AvgIpc) is 2.98. The molecule has 6 nitrogen and oxygen atoms in total. The van der Waals surface area contributed by atoms with Gasteiger partial charge in [-0.05, 0) is 30.5 Å². The Hall–Kier alpha value is -2.55. The van der Waals surface area contributed by atoms with Gasteiger partial charge in [-0.1, -0.05) is 18.2 Å². The normalized spacial score (nSPS) is 19.9. The van der Waals surface area contributed by atoms with Crippen LogP contribution in [0.25, 0.3) is 0 Å². The van der Waals surface area contributed by atoms with Crippen LogP contribution in [-0.4, -0.2) is 21.9 Å². The van der Waals surface area contributed by atoms with Crippen LogP contribution in [0.5, 0.6) is 0 Å². The third kappa shape index (κ3) is 3.19. The maximum atomic E-state index is 13.5. The van der Waals surface area contributed by atoms with Crippen LogP contribution >= 0.6 is 0 Å². The number of anilines is 1. The van der Waals surface area contributed by atoms with Crippen LogP contribution in [0, 0.1) is 13.8 Å². The predicted octanol–water partition coefficient (Wildman–Crippen LogP) is 2.76. The highest BCUT2D eigenvalue weighted by atomic mass is 19.4. The number of benzene rings is 1. The SMILES string of the molecule is Cc1ccc(C2CC(C(F)(F)F)n3nc(C(=O)NN)cc3N2)cc1C. The zero-order valence-electron chi connectivity index (χ0n) is 13.7. The fourth-order valence-corrected chi connectivity index (χ4v) is 2.96. The summed E-state index contributed by atoms with van der Waals surface area (Å²) >= 11 is 0. The molecule has 1 aliphatic heterocycles. The number of nitrogen functional groups attached to an aromatic ring is 1. The number of rotatable bonds is 2. The first-order valence-corrected chi connectivity index (χ1v) is 7.71. The predicted molar refractivity (Wildman–Crippen MR) is 85.9 cm³/mol. The highest BCUT2D eigenvalue weighted by molar-refractivity contribution is 5.92. The molecule has 0 radical (unpaired) electrons. The minimum absolute atomic E-state index is 0.135. The van der Waals surface area contributed by atoms with Crippen molar-refractivity contribution in [2.75, 3.05) is 5.32 Å². The lowest BCUT2D eigenvalue weighted by Crippen LogP contribution is -2.36. The van der Waals surface area contributed by atoms with E-state index in [1.54, 1.807) is 0 Å². The number of hydrogen-bond donors (Lipinski definition) is 3. The Balaban J connectivity index is 2.02. The number of fused-ring (bicyclic) bond motifs is 1. The molecule has 4 N–H and O–H groups in total. The summed E-state index contributed by atoms with van der Waals surface area (Å²) in [5.74, 6) is 4.43. The lowest BCUT2D eigenvalue weighted by atomic mass is 9.94. The average molecular weight is 353 g/mol. The molecular formula is C16H18F3N5O. The van der Waals surface area contributed by atoms with Gasteiger partial charge in [0.1, 0.15) is 5.82 Å². The van der Waals surface area contributed by atoms with E-state index in [4.69, 9.17) is 5.84 Å². The molecule has 25 heavy (non-hydrogen) atoms. The molecule has 0 aliphatic carbocycles. The summed E-state index contributed by atoms with van der Waals surface area (Å²) in [6.45, 7) is 3.86. The smallest absolute Gasteiger partial charge is 0.363 e. The number of aryl methyl sites for hydroxylation is 2. The van der Waals surface area contributed by atoms with Crippen molar-refractivity contribution in [3.05, 3.63) is 46.6 Å². The maximum absolute atomic E-state index is 13.5. The van der Waals surface area contributed by atoms with Crippen molar-refractivity contribution >= 4 is 11.7 Å². The molecule has 0 bridgehead atoms. The van der Waals surface area contributed by atoms with Gasteiger partial charge in [0.05, 0.1) is 6.04 Å². The van der Waals surface area contributed by atoms with E-state index in [2.05, 4.69) is 10.4 Å². The molecule has 0 spiro atoms. The molecule has 2 aromatic rings. The quantitative estimate of drug-likeness (QED) is 0.440. The molecule has 0 fully saturated rings. The molecule has 2 heterocycles. The second kappa shape index (κ2) is 6.07. The highest BCUT2D eigenvalue weighted by Gasteiger charge is 2.46. The molecule has 2 atom stereocenters. The second-order valence-electron chi connectivity index (χ2n) is 6.17. The number of hydrazine groups is 1. The second-order valence-corrected chi connectivity index (χ2v) is 6.17. The standard InChI is InChI=1S/C16H18F3N5O/c1-8-3-4-10(5-9(8)2)11-6-13(16(17,18)19)24-14(21-11)7-12(23-24)15(25)22-20/h3-5,7,11,13,21H,6,20H2,1-2H3,(H,22,25). The molecule has 134 valence electrons. The van der Waals surface area contributed by atoms with Crippen LogP contribution < -0.4 is 16.6 Å². The molecule has 1 amide bonds. The summed E-state index contributed by atoms with van der Waals surface area (Å²) in [5, 5.41) is 6.81. The molecule has 1 aromatic carbocycles. The van der Waals surface area contributed by atoms with Gasteiger partial charge in [-0.2, -0.15) is 18.3 Å². The number of nitrogens with zero attached hydrogens (tertiary/aromatic N) is 2. The van der Waals surface area contributed by atoms with Crippen LogP contribution in [0.15, 0.2) is 24.3 Å². The fraction of sp³-hybridized carbons (Fsp3) is 0.375. The first-order valence-electron chi connectivity index (χ1n) is 7.71. The van der Waals surface area contributed by atoms with Gasteiger partial charge < -0.3 is 5.32 Å². The Morgan fingerprint density at radius 2 is 2.04 bits per heavy atom. The number of carbonyl (C=O) groups excluding carboxylic acids is 1. The number of carbonyl (C=O) groups is 1. The molecular weight excluding hydrogens is 335 g/mol. The molecule has 9 heteroatoms. The third-order valence-electron chi connectivity index (χ3n) is 4.49. The summed E-state index contributed by atoms with van der Waals surface area (Å²) in [6.07, 6.45) is -4.71. The van der Waals surface area contributed by atoms with E-state index >= 15 is 0 Å². The van der Waals surface area contributed by atoms with Gasteiger partial charge >= 0.3 is 6.18 Å². The van der Waals surface area contributed by atoms with Gasteiger partial charge in [0, 0.05) is 12.5 Å². The summed E-state index contributed by atoms with van der Waals surface area (Å²) in [5.41, 5.74) is 4.54. The van der Waals surface area contributed by atoms with Crippen LogP contribution in [0.3, 0.4) is 0 Å².